The van der Waals surface area contributed by atoms with E-state index in [2.05, 4.69) is 55.8 Å². The number of rotatable bonds is 7. The Hall–Kier alpha value is -0.830. The molecule has 0 saturated carbocycles. The second-order valence-electron chi connectivity index (χ2n) is 5.15. The van der Waals surface area contributed by atoms with Crippen molar-refractivity contribution in [2.24, 2.45) is 11.8 Å². The molecule has 1 atom stereocenters. The van der Waals surface area contributed by atoms with Crippen molar-refractivity contribution in [3.8, 4) is 0 Å². The Bertz CT molecular complexity index is 328. The van der Waals surface area contributed by atoms with Gasteiger partial charge in [-0.15, -0.1) is 0 Å². The number of nitrogens with zero attached hydrogens (tertiary/aromatic N) is 2. The van der Waals surface area contributed by atoms with Crippen LogP contribution < -0.4 is 5.32 Å². The number of aromatic nitrogens is 2. The lowest BCUT2D eigenvalue weighted by Gasteiger charge is -2.16. The van der Waals surface area contributed by atoms with Crippen molar-refractivity contribution in [3.05, 3.63) is 17.5 Å². The molecule has 1 rings (SSSR count). The average Bonchev–Trinajstić information content (AvgIpc) is 2.71. The molecule has 0 fully saturated rings. The van der Waals surface area contributed by atoms with Crippen LogP contribution in [-0.2, 0) is 19.5 Å². The smallest absolute Gasteiger partial charge is 0.0625 e. The molecule has 0 saturated heterocycles. The summed E-state index contributed by atoms with van der Waals surface area (Å²) in [6.07, 6.45) is 1.02. The average molecular weight is 237 g/mol. The Morgan fingerprint density at radius 3 is 2.53 bits per heavy atom. The first-order chi connectivity index (χ1) is 8.08. The lowest BCUT2D eigenvalue weighted by atomic mass is 9.98. The van der Waals surface area contributed by atoms with Crippen molar-refractivity contribution in [3.63, 3.8) is 0 Å². The zero-order valence-electron chi connectivity index (χ0n) is 12.0. The van der Waals surface area contributed by atoms with Gasteiger partial charge in [0.2, 0.25) is 0 Å². The van der Waals surface area contributed by atoms with Crippen molar-refractivity contribution < 1.29 is 0 Å². The van der Waals surface area contributed by atoms with Crippen LogP contribution in [0.1, 0.15) is 46.0 Å². The molecule has 98 valence electrons. The monoisotopic (exact) mass is 237 g/mol. The van der Waals surface area contributed by atoms with Gasteiger partial charge in [-0.1, -0.05) is 27.7 Å². The van der Waals surface area contributed by atoms with E-state index in [4.69, 9.17) is 0 Å². The van der Waals surface area contributed by atoms with Crippen molar-refractivity contribution in [1.29, 1.82) is 0 Å². The van der Waals surface area contributed by atoms with Crippen LogP contribution >= 0.6 is 0 Å². The Balaban J connectivity index is 2.48. The second kappa shape index (κ2) is 6.80. The van der Waals surface area contributed by atoms with Crippen molar-refractivity contribution >= 4 is 0 Å². The highest BCUT2D eigenvalue weighted by Crippen LogP contribution is 2.09. The maximum Gasteiger partial charge on any atom is 0.0625 e. The summed E-state index contributed by atoms with van der Waals surface area (Å²) in [7, 11) is 0. The van der Waals surface area contributed by atoms with Crippen LogP contribution in [0.4, 0.5) is 0 Å². The third-order valence-corrected chi connectivity index (χ3v) is 3.49. The van der Waals surface area contributed by atoms with Gasteiger partial charge < -0.3 is 5.32 Å². The lowest BCUT2D eigenvalue weighted by molar-refractivity contribution is 0.389. The molecule has 3 nitrogen and oxygen atoms in total. The van der Waals surface area contributed by atoms with Crippen LogP contribution in [0.25, 0.3) is 0 Å². The van der Waals surface area contributed by atoms with Crippen molar-refractivity contribution in [1.82, 2.24) is 15.1 Å². The number of hydrogen-bond donors (Lipinski definition) is 1. The SMILES string of the molecule is CCc1cc(CNCC(C)C(C)C)n(CC)n1. The van der Waals surface area contributed by atoms with Crippen LogP contribution in [0.5, 0.6) is 0 Å². The quantitative estimate of drug-likeness (QED) is 0.790. The zero-order chi connectivity index (χ0) is 12.8. The summed E-state index contributed by atoms with van der Waals surface area (Å²) in [5, 5.41) is 8.09. The third-order valence-electron chi connectivity index (χ3n) is 3.49. The van der Waals surface area contributed by atoms with Gasteiger partial charge in [-0.2, -0.15) is 5.10 Å². The Morgan fingerprint density at radius 2 is 2.00 bits per heavy atom. The van der Waals surface area contributed by atoms with E-state index in [9.17, 15) is 0 Å². The van der Waals surface area contributed by atoms with E-state index < -0.39 is 0 Å². The fourth-order valence-corrected chi connectivity index (χ4v) is 1.77. The van der Waals surface area contributed by atoms with E-state index in [-0.39, 0.29) is 0 Å². The van der Waals surface area contributed by atoms with E-state index in [1.807, 2.05) is 0 Å². The summed E-state index contributed by atoms with van der Waals surface area (Å²) in [5.74, 6) is 1.46. The first kappa shape index (κ1) is 14.2. The number of aryl methyl sites for hydroxylation is 2. The molecule has 0 aliphatic carbocycles. The molecule has 0 spiro atoms. The Labute approximate surface area is 106 Å². The van der Waals surface area contributed by atoms with Gasteiger partial charge in [-0.3, -0.25) is 4.68 Å². The van der Waals surface area contributed by atoms with Gasteiger partial charge in [0.15, 0.2) is 0 Å². The topological polar surface area (TPSA) is 29.9 Å². The second-order valence-corrected chi connectivity index (χ2v) is 5.15. The van der Waals surface area contributed by atoms with Gasteiger partial charge in [0.1, 0.15) is 0 Å². The van der Waals surface area contributed by atoms with E-state index in [0.717, 1.165) is 37.9 Å². The summed E-state index contributed by atoms with van der Waals surface area (Å²) in [4.78, 5) is 0. The molecule has 1 heterocycles. The third kappa shape index (κ3) is 4.15. The maximum atomic E-state index is 4.56. The minimum Gasteiger partial charge on any atom is -0.311 e. The van der Waals surface area contributed by atoms with Crippen molar-refractivity contribution in [2.45, 2.75) is 54.1 Å². The number of hydrogen-bond acceptors (Lipinski definition) is 2. The first-order valence-electron chi connectivity index (χ1n) is 6.84. The molecule has 17 heavy (non-hydrogen) atoms. The zero-order valence-corrected chi connectivity index (χ0v) is 12.0. The molecule has 1 aromatic rings. The minimum atomic E-state index is 0.721. The maximum absolute atomic E-state index is 4.56. The van der Waals surface area contributed by atoms with Crippen LogP contribution in [0.3, 0.4) is 0 Å². The summed E-state index contributed by atoms with van der Waals surface area (Å²) < 4.78 is 2.10. The molecule has 0 aromatic carbocycles. The molecule has 0 amide bonds. The molecule has 0 aliphatic heterocycles. The normalized spacial score (nSPS) is 13.3. The van der Waals surface area contributed by atoms with Gasteiger partial charge >= 0.3 is 0 Å². The lowest BCUT2D eigenvalue weighted by Crippen LogP contribution is -2.24. The molecule has 3 heteroatoms. The fraction of sp³-hybridized carbons (Fsp3) is 0.786. The van der Waals surface area contributed by atoms with E-state index in [1.54, 1.807) is 0 Å². The van der Waals surface area contributed by atoms with Crippen LogP contribution in [0, 0.1) is 11.8 Å². The predicted octanol–water partition coefficient (Wildman–Crippen LogP) is 2.85. The van der Waals surface area contributed by atoms with Crippen molar-refractivity contribution in [2.75, 3.05) is 6.54 Å². The highest BCUT2D eigenvalue weighted by Gasteiger charge is 2.08. The molecular formula is C14H27N3. The minimum absolute atomic E-state index is 0.721. The number of nitrogens with one attached hydrogen (secondary N) is 1. The highest BCUT2D eigenvalue weighted by atomic mass is 15.3. The summed E-state index contributed by atoms with van der Waals surface area (Å²) in [6, 6.07) is 2.22. The van der Waals surface area contributed by atoms with Crippen LogP contribution in [-0.4, -0.2) is 16.3 Å². The molecule has 0 radical (unpaired) electrons. The Kier molecular flexibility index (Phi) is 5.69. The Morgan fingerprint density at radius 1 is 1.29 bits per heavy atom. The summed E-state index contributed by atoms with van der Waals surface area (Å²) >= 11 is 0. The first-order valence-corrected chi connectivity index (χ1v) is 6.84. The van der Waals surface area contributed by atoms with Gasteiger partial charge in [0.05, 0.1) is 11.4 Å². The summed E-state index contributed by atoms with van der Waals surface area (Å²) in [6.45, 7) is 14.1. The van der Waals surface area contributed by atoms with E-state index in [1.165, 1.54) is 11.4 Å². The molecule has 0 bridgehead atoms. The molecule has 1 N–H and O–H groups in total. The van der Waals surface area contributed by atoms with Gasteiger partial charge in [-0.25, -0.2) is 0 Å². The fourth-order valence-electron chi connectivity index (χ4n) is 1.77. The van der Waals surface area contributed by atoms with Crippen LogP contribution in [0.2, 0.25) is 0 Å². The van der Waals surface area contributed by atoms with Gasteiger partial charge in [0.25, 0.3) is 0 Å². The predicted molar refractivity (Wildman–Crippen MR) is 73.0 cm³/mol. The molecule has 1 unspecified atom stereocenters. The largest absolute Gasteiger partial charge is 0.311 e. The highest BCUT2D eigenvalue weighted by molar-refractivity contribution is 5.10. The standard InChI is InChI=1S/C14H27N3/c1-6-13-8-14(17(7-2)16-13)10-15-9-12(5)11(3)4/h8,11-12,15H,6-7,9-10H2,1-5H3. The summed E-state index contributed by atoms with van der Waals surface area (Å²) in [5.41, 5.74) is 2.50. The van der Waals surface area contributed by atoms with E-state index >= 15 is 0 Å². The van der Waals surface area contributed by atoms with Gasteiger partial charge in [0, 0.05) is 13.1 Å². The van der Waals surface area contributed by atoms with E-state index in [0.29, 0.717) is 0 Å². The molecule has 1 aromatic heterocycles. The van der Waals surface area contributed by atoms with Crippen LogP contribution in [0.15, 0.2) is 6.07 Å². The van der Waals surface area contributed by atoms with Gasteiger partial charge in [-0.05, 0) is 37.8 Å². The molecule has 0 aliphatic rings. The molecular weight excluding hydrogens is 210 g/mol.